The van der Waals surface area contributed by atoms with Gasteiger partial charge in [-0.1, -0.05) is 62.4 Å². The minimum atomic E-state index is 0.783. The van der Waals surface area contributed by atoms with Crippen LogP contribution in [-0.4, -0.2) is 9.97 Å². The Morgan fingerprint density at radius 2 is 1.29 bits per heavy atom. The summed E-state index contributed by atoms with van der Waals surface area (Å²) < 4.78 is 0. The summed E-state index contributed by atoms with van der Waals surface area (Å²) in [6.45, 7) is 4.33. The number of hydrogen-bond acceptors (Lipinski definition) is 3. The Balaban J connectivity index is 1.88. The highest BCUT2D eigenvalue weighted by Crippen LogP contribution is 2.27. The first-order valence-corrected chi connectivity index (χ1v) is 9.83. The Hall–Kier alpha value is -3.24. The number of quaternary nitrogens is 1. The third kappa shape index (κ3) is 3.73. The summed E-state index contributed by atoms with van der Waals surface area (Å²) in [5.74, 6) is 1.64. The molecular weight excluding hydrogens is 344 g/mol. The molecule has 0 aliphatic carbocycles. The molecule has 4 rings (SSSR count). The minimum Gasteiger partial charge on any atom is -0.334 e. The van der Waals surface area contributed by atoms with E-state index in [9.17, 15) is 0 Å². The molecule has 0 saturated carbocycles. The van der Waals surface area contributed by atoms with Crippen molar-refractivity contribution in [3.05, 3.63) is 83.9 Å². The van der Waals surface area contributed by atoms with E-state index in [0.29, 0.717) is 0 Å². The summed E-state index contributed by atoms with van der Waals surface area (Å²) >= 11 is 0. The maximum Gasteiger partial charge on any atom is 0.273 e. The fraction of sp³-hybridized carbons (Fsp3) is 0.167. The Morgan fingerprint density at radius 1 is 0.714 bits per heavy atom. The first-order valence-electron chi connectivity index (χ1n) is 9.83. The molecule has 4 nitrogen and oxygen atoms in total. The van der Waals surface area contributed by atoms with Gasteiger partial charge in [0.2, 0.25) is 5.82 Å². The van der Waals surface area contributed by atoms with Crippen LogP contribution in [0, 0.1) is 0 Å². The Morgan fingerprint density at radius 3 is 1.89 bits per heavy atom. The van der Waals surface area contributed by atoms with Gasteiger partial charge in [0.1, 0.15) is 5.69 Å². The second kappa shape index (κ2) is 8.19. The molecule has 3 aromatic carbocycles. The van der Waals surface area contributed by atoms with E-state index in [0.717, 1.165) is 46.9 Å². The fourth-order valence-corrected chi connectivity index (χ4v) is 3.38. The molecule has 0 aliphatic rings. The number of nitrogens with zero attached hydrogens (tertiary/aromatic N) is 2. The van der Waals surface area contributed by atoms with Gasteiger partial charge < -0.3 is 5.32 Å². The van der Waals surface area contributed by atoms with Crippen molar-refractivity contribution in [2.75, 3.05) is 5.32 Å². The highest BCUT2D eigenvalue weighted by molar-refractivity contribution is 5.85. The largest absolute Gasteiger partial charge is 0.334 e. The average molecular weight is 369 g/mol. The van der Waals surface area contributed by atoms with E-state index in [1.807, 2.05) is 48.5 Å². The van der Waals surface area contributed by atoms with Gasteiger partial charge in [0, 0.05) is 5.69 Å². The van der Waals surface area contributed by atoms with Crippen molar-refractivity contribution in [2.24, 2.45) is 0 Å². The van der Waals surface area contributed by atoms with Gasteiger partial charge in [-0.2, -0.15) is 4.98 Å². The van der Waals surface area contributed by atoms with Crippen LogP contribution >= 0.6 is 0 Å². The lowest BCUT2D eigenvalue weighted by Gasteiger charge is -2.13. The summed E-state index contributed by atoms with van der Waals surface area (Å²) in [5, 5.41) is 5.56. The highest BCUT2D eigenvalue weighted by atomic mass is 15.1. The zero-order valence-electron chi connectivity index (χ0n) is 16.3. The molecule has 1 aromatic heterocycles. The number of fused-ring (bicyclic) bond motifs is 1. The van der Waals surface area contributed by atoms with Crippen LogP contribution in [0.25, 0.3) is 11.0 Å². The third-order valence-electron chi connectivity index (χ3n) is 4.92. The second-order valence-corrected chi connectivity index (χ2v) is 6.79. The molecule has 4 heteroatoms. The van der Waals surface area contributed by atoms with Crippen LogP contribution in [0.3, 0.4) is 0 Å². The molecule has 1 heterocycles. The molecule has 3 N–H and O–H groups in total. The van der Waals surface area contributed by atoms with Crippen molar-refractivity contribution in [3.8, 4) is 0 Å². The number of aryl methyl sites for hydroxylation is 2. The maximum atomic E-state index is 5.07. The van der Waals surface area contributed by atoms with Crippen LogP contribution in [0.1, 0.15) is 25.0 Å². The Kier molecular flexibility index (Phi) is 5.31. The standard InChI is InChI=1S/C24H24N4/c1-3-17-15-16-18(4-2)22-21(17)27-23(25-19-11-7-5-8-12-19)24(28-22)26-20-13-9-6-10-14-20/h5-16H,3-4H2,1-2H3,(H,25,27)(H,26,28)/p+1. The molecule has 0 amide bonds. The van der Waals surface area contributed by atoms with E-state index in [2.05, 4.69) is 48.7 Å². The zero-order chi connectivity index (χ0) is 19.3. The van der Waals surface area contributed by atoms with Crippen LogP contribution in [0.5, 0.6) is 0 Å². The Labute approximate surface area is 165 Å². The second-order valence-electron chi connectivity index (χ2n) is 6.79. The van der Waals surface area contributed by atoms with Crippen LogP contribution in [-0.2, 0) is 12.8 Å². The summed E-state index contributed by atoms with van der Waals surface area (Å²) in [5.41, 5.74) is 6.56. The number of para-hydroxylation sites is 2. The van der Waals surface area contributed by atoms with E-state index in [-0.39, 0.29) is 0 Å². The van der Waals surface area contributed by atoms with Gasteiger partial charge in [-0.25, -0.2) is 4.98 Å². The van der Waals surface area contributed by atoms with Crippen molar-refractivity contribution in [1.82, 2.24) is 9.97 Å². The molecule has 4 aromatic rings. The maximum absolute atomic E-state index is 5.07. The molecule has 0 unspecified atom stereocenters. The molecule has 28 heavy (non-hydrogen) atoms. The van der Waals surface area contributed by atoms with Crippen LogP contribution < -0.4 is 10.6 Å². The molecule has 0 spiro atoms. The SMILES string of the molecule is CCc1ccc(CC)c2nc([NH2+]c3ccccc3)c(Nc3ccccc3)nc12. The third-order valence-corrected chi connectivity index (χ3v) is 4.92. The molecule has 0 fully saturated rings. The predicted octanol–water partition coefficient (Wildman–Crippen LogP) is 5.02. The van der Waals surface area contributed by atoms with Crippen molar-refractivity contribution < 1.29 is 5.32 Å². The smallest absolute Gasteiger partial charge is 0.273 e. The summed E-state index contributed by atoms with van der Waals surface area (Å²) in [4.78, 5) is 10.1. The van der Waals surface area contributed by atoms with Gasteiger partial charge in [-0.3, -0.25) is 5.32 Å². The van der Waals surface area contributed by atoms with E-state index >= 15 is 0 Å². The van der Waals surface area contributed by atoms with E-state index < -0.39 is 0 Å². The molecule has 140 valence electrons. The van der Waals surface area contributed by atoms with Crippen LogP contribution in [0.4, 0.5) is 23.0 Å². The summed E-state index contributed by atoms with van der Waals surface area (Å²) in [6, 6.07) is 24.8. The quantitative estimate of drug-likeness (QED) is 0.469. The van der Waals surface area contributed by atoms with Gasteiger partial charge >= 0.3 is 0 Å². The lowest BCUT2D eigenvalue weighted by Crippen LogP contribution is -2.71. The monoisotopic (exact) mass is 369 g/mol. The van der Waals surface area contributed by atoms with Crippen molar-refractivity contribution >= 4 is 34.0 Å². The van der Waals surface area contributed by atoms with Gasteiger partial charge in [-0.05, 0) is 48.2 Å². The number of hydrogen-bond donors (Lipinski definition) is 2. The van der Waals surface area contributed by atoms with Crippen LogP contribution in [0.15, 0.2) is 72.8 Å². The van der Waals surface area contributed by atoms with Gasteiger partial charge in [0.25, 0.3) is 5.82 Å². The molecule has 0 aliphatic heterocycles. The van der Waals surface area contributed by atoms with Crippen LogP contribution in [0.2, 0.25) is 0 Å². The topological polar surface area (TPSA) is 54.4 Å². The lowest BCUT2D eigenvalue weighted by atomic mass is 10.0. The molecule has 0 radical (unpaired) electrons. The Bertz CT molecular complexity index is 988. The lowest BCUT2D eigenvalue weighted by molar-refractivity contribution is -0.482. The van der Waals surface area contributed by atoms with E-state index in [4.69, 9.17) is 9.97 Å². The van der Waals surface area contributed by atoms with Gasteiger partial charge in [-0.15, -0.1) is 0 Å². The minimum absolute atomic E-state index is 0.783. The number of nitrogens with one attached hydrogen (secondary N) is 1. The number of anilines is 2. The molecular formula is C24H25N4+. The molecule has 0 atom stereocenters. The summed E-state index contributed by atoms with van der Waals surface area (Å²) in [6.07, 6.45) is 1.87. The van der Waals surface area contributed by atoms with Crippen molar-refractivity contribution in [1.29, 1.82) is 0 Å². The average Bonchev–Trinajstić information content (AvgIpc) is 2.75. The number of aromatic nitrogens is 2. The molecule has 0 saturated heterocycles. The van der Waals surface area contributed by atoms with Gasteiger partial charge in [0.05, 0.1) is 11.0 Å². The molecule has 0 bridgehead atoms. The number of rotatable bonds is 6. The number of benzene rings is 3. The predicted molar refractivity (Wildman–Crippen MR) is 116 cm³/mol. The normalized spacial score (nSPS) is 10.9. The number of nitrogens with two attached hydrogens (primary N) is 1. The summed E-state index contributed by atoms with van der Waals surface area (Å²) in [7, 11) is 0. The fourth-order valence-electron chi connectivity index (χ4n) is 3.38. The van der Waals surface area contributed by atoms with Crippen molar-refractivity contribution in [3.63, 3.8) is 0 Å². The first kappa shape index (κ1) is 18.1. The first-order chi connectivity index (χ1) is 13.8. The van der Waals surface area contributed by atoms with E-state index in [1.165, 1.54) is 11.1 Å². The van der Waals surface area contributed by atoms with Crippen molar-refractivity contribution in [2.45, 2.75) is 26.7 Å². The van der Waals surface area contributed by atoms with Gasteiger partial charge in [0.15, 0.2) is 0 Å². The van der Waals surface area contributed by atoms with E-state index in [1.54, 1.807) is 0 Å². The zero-order valence-corrected chi connectivity index (χ0v) is 16.3. The highest BCUT2D eigenvalue weighted by Gasteiger charge is 2.17.